The van der Waals surface area contributed by atoms with Crippen LogP contribution < -0.4 is 11.3 Å². The third-order valence-corrected chi connectivity index (χ3v) is 3.54. The van der Waals surface area contributed by atoms with Crippen molar-refractivity contribution >= 4 is 22.6 Å². The highest BCUT2D eigenvalue weighted by atomic mass is 35.5. The van der Waals surface area contributed by atoms with E-state index < -0.39 is 17.7 Å². The maximum atomic E-state index is 13.4. The van der Waals surface area contributed by atoms with Crippen molar-refractivity contribution in [2.24, 2.45) is 5.84 Å². The highest BCUT2D eigenvalue weighted by molar-refractivity contribution is 6.34. The number of para-hydroxylation sites is 1. The van der Waals surface area contributed by atoms with Crippen LogP contribution in [-0.2, 0) is 0 Å². The van der Waals surface area contributed by atoms with Gasteiger partial charge in [-0.05, 0) is 29.8 Å². The van der Waals surface area contributed by atoms with Gasteiger partial charge in [0.25, 0.3) is 0 Å². The summed E-state index contributed by atoms with van der Waals surface area (Å²) in [5, 5.41) is 1.28. The molecular weight excluding hydrogens is 298 g/mol. The molecule has 0 spiro atoms. The van der Waals surface area contributed by atoms with Crippen molar-refractivity contribution < 1.29 is 13.2 Å². The lowest BCUT2D eigenvalue weighted by Gasteiger charge is -2.13. The van der Waals surface area contributed by atoms with Crippen LogP contribution in [0.3, 0.4) is 0 Å². The molecule has 1 atom stereocenters. The zero-order chi connectivity index (χ0) is 15.0. The Labute approximate surface area is 124 Å². The molecule has 0 fully saturated rings. The SMILES string of the molecule is NNC(c1ccc(F)c(F)c1)c1cc2cccc(Cl)c2o1. The van der Waals surface area contributed by atoms with Crippen LogP contribution in [-0.4, -0.2) is 0 Å². The zero-order valence-corrected chi connectivity index (χ0v) is 11.5. The number of rotatable bonds is 3. The third kappa shape index (κ3) is 2.51. The summed E-state index contributed by atoms with van der Waals surface area (Å²) in [7, 11) is 0. The first-order chi connectivity index (χ1) is 10.1. The molecule has 108 valence electrons. The summed E-state index contributed by atoms with van der Waals surface area (Å²) in [4.78, 5) is 0. The van der Waals surface area contributed by atoms with Gasteiger partial charge in [0, 0.05) is 5.39 Å². The average Bonchev–Trinajstić information content (AvgIpc) is 2.89. The van der Waals surface area contributed by atoms with Crippen LogP contribution in [0, 0.1) is 11.6 Å². The van der Waals surface area contributed by atoms with Crippen LogP contribution in [0.1, 0.15) is 17.4 Å². The molecular formula is C15H11ClF2N2O. The lowest BCUT2D eigenvalue weighted by atomic mass is 10.0. The number of nitrogens with one attached hydrogen (secondary N) is 1. The Morgan fingerprint density at radius 3 is 2.57 bits per heavy atom. The van der Waals surface area contributed by atoms with Gasteiger partial charge in [-0.25, -0.2) is 14.2 Å². The van der Waals surface area contributed by atoms with Crippen molar-refractivity contribution in [3.63, 3.8) is 0 Å². The number of hydrogen-bond acceptors (Lipinski definition) is 3. The number of halogens is 3. The second-order valence-electron chi connectivity index (χ2n) is 4.58. The van der Waals surface area contributed by atoms with Crippen LogP contribution >= 0.6 is 11.6 Å². The van der Waals surface area contributed by atoms with Crippen LogP contribution in [0.15, 0.2) is 46.9 Å². The standard InChI is InChI=1S/C15H11ClF2N2O/c16-10-3-1-2-9-7-13(21-15(9)10)14(20-19)8-4-5-11(17)12(18)6-8/h1-7,14,20H,19H2. The summed E-state index contributed by atoms with van der Waals surface area (Å²) < 4.78 is 32.1. The number of hydrogen-bond donors (Lipinski definition) is 2. The summed E-state index contributed by atoms with van der Waals surface area (Å²) in [6.07, 6.45) is 0. The molecule has 3 aromatic rings. The normalized spacial score (nSPS) is 12.8. The first-order valence-electron chi connectivity index (χ1n) is 6.19. The summed E-state index contributed by atoms with van der Waals surface area (Å²) >= 11 is 6.06. The van der Waals surface area contributed by atoms with E-state index in [1.54, 1.807) is 18.2 Å². The van der Waals surface area contributed by atoms with Gasteiger partial charge < -0.3 is 4.42 Å². The fraction of sp³-hybridized carbons (Fsp3) is 0.0667. The van der Waals surface area contributed by atoms with Gasteiger partial charge >= 0.3 is 0 Å². The maximum absolute atomic E-state index is 13.4. The highest BCUT2D eigenvalue weighted by Gasteiger charge is 2.19. The highest BCUT2D eigenvalue weighted by Crippen LogP contribution is 2.32. The Bertz CT molecular complexity index is 803. The van der Waals surface area contributed by atoms with Crippen LogP contribution in [0.4, 0.5) is 8.78 Å². The number of nitrogens with two attached hydrogens (primary N) is 1. The molecule has 3 N–H and O–H groups in total. The number of fused-ring (bicyclic) bond motifs is 1. The first kappa shape index (κ1) is 14.0. The van der Waals surface area contributed by atoms with E-state index in [2.05, 4.69) is 5.43 Å². The van der Waals surface area contributed by atoms with E-state index >= 15 is 0 Å². The molecule has 21 heavy (non-hydrogen) atoms. The van der Waals surface area contributed by atoms with Crippen molar-refractivity contribution in [3.05, 3.63) is 70.4 Å². The van der Waals surface area contributed by atoms with Gasteiger partial charge in [-0.15, -0.1) is 0 Å². The molecule has 2 aromatic carbocycles. The molecule has 0 saturated carbocycles. The van der Waals surface area contributed by atoms with E-state index in [0.717, 1.165) is 17.5 Å². The largest absolute Gasteiger partial charge is 0.457 e. The van der Waals surface area contributed by atoms with Gasteiger partial charge in [-0.2, -0.15) is 0 Å². The average molecular weight is 309 g/mol. The Kier molecular flexibility index (Phi) is 3.63. The monoisotopic (exact) mass is 308 g/mol. The second-order valence-corrected chi connectivity index (χ2v) is 4.99. The van der Waals surface area contributed by atoms with Crippen molar-refractivity contribution in [1.82, 2.24) is 5.43 Å². The molecule has 0 saturated heterocycles. The second kappa shape index (κ2) is 5.44. The predicted octanol–water partition coefficient (Wildman–Crippen LogP) is 3.92. The van der Waals surface area contributed by atoms with Gasteiger partial charge in [-0.1, -0.05) is 29.8 Å². The molecule has 0 amide bonds. The van der Waals surface area contributed by atoms with Gasteiger partial charge in [0.05, 0.1) is 5.02 Å². The van der Waals surface area contributed by atoms with E-state index in [4.69, 9.17) is 21.9 Å². The van der Waals surface area contributed by atoms with Crippen molar-refractivity contribution in [1.29, 1.82) is 0 Å². The minimum absolute atomic E-state index is 0.451. The van der Waals surface area contributed by atoms with Crippen LogP contribution in [0.25, 0.3) is 11.0 Å². The van der Waals surface area contributed by atoms with Gasteiger partial charge in [0.2, 0.25) is 0 Å². The molecule has 3 nitrogen and oxygen atoms in total. The van der Waals surface area contributed by atoms with E-state index in [-0.39, 0.29) is 0 Å². The molecule has 6 heteroatoms. The van der Waals surface area contributed by atoms with Crippen LogP contribution in [0.5, 0.6) is 0 Å². The topological polar surface area (TPSA) is 51.2 Å². The summed E-state index contributed by atoms with van der Waals surface area (Å²) in [6.45, 7) is 0. The lowest BCUT2D eigenvalue weighted by Crippen LogP contribution is -2.28. The molecule has 0 aliphatic rings. The van der Waals surface area contributed by atoms with Gasteiger partial charge in [0.1, 0.15) is 11.8 Å². The van der Waals surface area contributed by atoms with E-state index in [9.17, 15) is 8.78 Å². The molecule has 0 bridgehead atoms. The van der Waals surface area contributed by atoms with Crippen molar-refractivity contribution in [2.45, 2.75) is 6.04 Å². The zero-order valence-electron chi connectivity index (χ0n) is 10.7. The lowest BCUT2D eigenvalue weighted by molar-refractivity contribution is 0.469. The van der Waals surface area contributed by atoms with E-state index in [1.165, 1.54) is 6.07 Å². The Morgan fingerprint density at radius 1 is 1.10 bits per heavy atom. The Hall–Kier alpha value is -1.95. The summed E-state index contributed by atoms with van der Waals surface area (Å²) in [5.41, 5.74) is 3.51. The van der Waals surface area contributed by atoms with E-state index in [1.807, 2.05) is 6.07 Å². The fourth-order valence-corrected chi connectivity index (χ4v) is 2.44. The molecule has 3 rings (SSSR count). The fourth-order valence-electron chi connectivity index (χ4n) is 2.22. The molecule has 0 aliphatic carbocycles. The predicted molar refractivity (Wildman–Crippen MR) is 76.7 cm³/mol. The maximum Gasteiger partial charge on any atom is 0.159 e. The minimum atomic E-state index is -0.943. The van der Waals surface area contributed by atoms with Crippen molar-refractivity contribution in [3.8, 4) is 0 Å². The number of benzene rings is 2. The molecule has 0 aliphatic heterocycles. The van der Waals surface area contributed by atoms with Crippen LogP contribution in [0.2, 0.25) is 5.02 Å². The quantitative estimate of drug-likeness (QED) is 0.569. The van der Waals surface area contributed by atoms with E-state index in [0.29, 0.717) is 21.9 Å². The van der Waals surface area contributed by atoms with Gasteiger partial charge in [0.15, 0.2) is 17.2 Å². The molecule has 1 heterocycles. The molecule has 1 unspecified atom stereocenters. The van der Waals surface area contributed by atoms with Gasteiger partial charge in [-0.3, -0.25) is 5.84 Å². The molecule has 0 radical (unpaired) electrons. The Morgan fingerprint density at radius 2 is 1.90 bits per heavy atom. The number of furan rings is 1. The first-order valence-corrected chi connectivity index (χ1v) is 6.57. The minimum Gasteiger partial charge on any atom is -0.457 e. The summed E-state index contributed by atoms with van der Waals surface area (Å²) in [5.74, 6) is 4.13. The molecule has 1 aromatic heterocycles. The summed E-state index contributed by atoms with van der Waals surface area (Å²) in [6, 6.07) is 10.1. The van der Waals surface area contributed by atoms with Crippen molar-refractivity contribution in [2.75, 3.05) is 0 Å². The smallest absolute Gasteiger partial charge is 0.159 e. The third-order valence-electron chi connectivity index (χ3n) is 3.24. The number of hydrazine groups is 1. The Balaban J connectivity index is 2.09.